The number of hydrogen-bond donors (Lipinski definition) is 0. The van der Waals surface area contributed by atoms with E-state index in [2.05, 4.69) is 19.1 Å². The van der Waals surface area contributed by atoms with E-state index in [1.54, 1.807) is 0 Å². The number of aryl methyl sites for hydroxylation is 2. The summed E-state index contributed by atoms with van der Waals surface area (Å²) in [6.45, 7) is 4.72. The SMILES string of the molecule is CCc1ccc(-c2nc3cc(N4Cc5ccccc5C4=O)cc(C)c3o2)cc1. The Labute approximate surface area is 163 Å². The zero-order valence-electron chi connectivity index (χ0n) is 15.9. The highest BCUT2D eigenvalue weighted by atomic mass is 16.3. The molecule has 0 N–H and O–H groups in total. The summed E-state index contributed by atoms with van der Waals surface area (Å²) in [5.74, 6) is 0.641. The van der Waals surface area contributed by atoms with Crippen LogP contribution < -0.4 is 4.90 Å². The fraction of sp³-hybridized carbons (Fsp3) is 0.167. The molecule has 138 valence electrons. The highest BCUT2D eigenvalue weighted by Crippen LogP contribution is 2.34. The Morgan fingerprint density at radius 3 is 2.61 bits per heavy atom. The summed E-state index contributed by atoms with van der Waals surface area (Å²) in [4.78, 5) is 19.3. The van der Waals surface area contributed by atoms with E-state index in [1.165, 1.54) is 5.56 Å². The minimum Gasteiger partial charge on any atom is -0.436 e. The van der Waals surface area contributed by atoms with Gasteiger partial charge in [0.25, 0.3) is 5.91 Å². The van der Waals surface area contributed by atoms with Crippen LogP contribution in [0.4, 0.5) is 5.69 Å². The van der Waals surface area contributed by atoms with Gasteiger partial charge >= 0.3 is 0 Å². The summed E-state index contributed by atoms with van der Waals surface area (Å²) in [5.41, 5.74) is 7.44. The third-order valence-corrected chi connectivity index (χ3v) is 5.40. The molecule has 4 nitrogen and oxygen atoms in total. The second kappa shape index (κ2) is 6.34. The van der Waals surface area contributed by atoms with Gasteiger partial charge in [0, 0.05) is 16.8 Å². The molecule has 5 rings (SSSR count). The zero-order valence-corrected chi connectivity index (χ0v) is 15.9. The molecule has 28 heavy (non-hydrogen) atoms. The quantitative estimate of drug-likeness (QED) is 0.478. The van der Waals surface area contributed by atoms with Crippen LogP contribution in [0.2, 0.25) is 0 Å². The van der Waals surface area contributed by atoms with Gasteiger partial charge in [-0.2, -0.15) is 0 Å². The van der Waals surface area contributed by atoms with Crippen molar-refractivity contribution >= 4 is 22.7 Å². The fourth-order valence-corrected chi connectivity index (χ4v) is 3.81. The largest absolute Gasteiger partial charge is 0.436 e. The van der Waals surface area contributed by atoms with E-state index >= 15 is 0 Å². The van der Waals surface area contributed by atoms with Crippen molar-refractivity contribution in [3.05, 3.63) is 82.9 Å². The molecule has 1 aliphatic heterocycles. The van der Waals surface area contributed by atoms with Crippen LogP contribution in [-0.2, 0) is 13.0 Å². The number of carbonyl (C=O) groups is 1. The highest BCUT2D eigenvalue weighted by Gasteiger charge is 2.28. The number of anilines is 1. The third-order valence-electron chi connectivity index (χ3n) is 5.40. The molecule has 4 aromatic rings. The second-order valence-electron chi connectivity index (χ2n) is 7.23. The summed E-state index contributed by atoms with van der Waals surface area (Å²) >= 11 is 0. The normalized spacial score (nSPS) is 13.4. The smallest absolute Gasteiger partial charge is 0.258 e. The van der Waals surface area contributed by atoms with Crippen LogP contribution >= 0.6 is 0 Å². The van der Waals surface area contributed by atoms with Gasteiger partial charge in [0.05, 0.1) is 6.54 Å². The van der Waals surface area contributed by atoms with Gasteiger partial charge in [0.1, 0.15) is 5.52 Å². The predicted octanol–water partition coefficient (Wildman–Crippen LogP) is 5.53. The Kier molecular flexibility index (Phi) is 3.79. The maximum absolute atomic E-state index is 12.8. The molecule has 0 bridgehead atoms. The lowest BCUT2D eigenvalue weighted by Gasteiger charge is -2.16. The summed E-state index contributed by atoms with van der Waals surface area (Å²) in [5, 5.41) is 0. The molecule has 0 unspecified atom stereocenters. The Bertz CT molecular complexity index is 1210. The minimum absolute atomic E-state index is 0.0354. The van der Waals surface area contributed by atoms with Crippen molar-refractivity contribution in [3.63, 3.8) is 0 Å². The monoisotopic (exact) mass is 368 g/mol. The van der Waals surface area contributed by atoms with Crippen molar-refractivity contribution in [3.8, 4) is 11.5 Å². The molecule has 0 atom stereocenters. The molecule has 0 saturated carbocycles. The van der Waals surface area contributed by atoms with Crippen LogP contribution in [0.1, 0.15) is 34.0 Å². The average molecular weight is 368 g/mol. The van der Waals surface area contributed by atoms with Crippen LogP contribution in [0.25, 0.3) is 22.6 Å². The number of amides is 1. The first-order valence-electron chi connectivity index (χ1n) is 9.54. The second-order valence-corrected chi connectivity index (χ2v) is 7.23. The van der Waals surface area contributed by atoms with Gasteiger partial charge in [0.2, 0.25) is 5.89 Å². The van der Waals surface area contributed by atoms with Gasteiger partial charge in [-0.3, -0.25) is 4.79 Å². The van der Waals surface area contributed by atoms with Crippen LogP contribution in [0.5, 0.6) is 0 Å². The number of oxazole rings is 1. The van der Waals surface area contributed by atoms with E-state index in [1.807, 2.05) is 60.4 Å². The zero-order chi connectivity index (χ0) is 19.3. The molecule has 2 heterocycles. The maximum atomic E-state index is 12.8. The lowest BCUT2D eigenvalue weighted by Crippen LogP contribution is -2.23. The molecule has 1 amide bonds. The summed E-state index contributed by atoms with van der Waals surface area (Å²) in [6.07, 6.45) is 1.00. The van der Waals surface area contributed by atoms with Crippen molar-refractivity contribution in [1.29, 1.82) is 0 Å². The van der Waals surface area contributed by atoms with Crippen LogP contribution in [-0.4, -0.2) is 10.9 Å². The van der Waals surface area contributed by atoms with E-state index in [0.29, 0.717) is 12.4 Å². The number of hydrogen-bond acceptors (Lipinski definition) is 3. The maximum Gasteiger partial charge on any atom is 0.258 e. The van der Waals surface area contributed by atoms with Gasteiger partial charge in [-0.25, -0.2) is 4.98 Å². The number of rotatable bonds is 3. The molecule has 1 aromatic heterocycles. The first kappa shape index (κ1) is 16.8. The standard InChI is InChI=1S/C24H20N2O2/c1-3-16-8-10-17(11-9-16)23-25-21-13-19(12-15(2)22(21)28-23)26-14-18-6-4-5-7-20(18)24(26)27/h4-13H,3,14H2,1-2H3. The topological polar surface area (TPSA) is 46.3 Å². The molecule has 1 aliphatic rings. The van der Waals surface area contributed by atoms with Crippen LogP contribution in [0.15, 0.2) is 65.1 Å². The number of fused-ring (bicyclic) bond motifs is 2. The van der Waals surface area contributed by atoms with Crippen LogP contribution in [0.3, 0.4) is 0 Å². The third kappa shape index (κ3) is 2.61. The van der Waals surface area contributed by atoms with Crippen molar-refractivity contribution in [1.82, 2.24) is 4.98 Å². The molecular formula is C24H20N2O2. The van der Waals surface area contributed by atoms with E-state index < -0.39 is 0 Å². The van der Waals surface area contributed by atoms with Gasteiger partial charge in [0.15, 0.2) is 5.58 Å². The Balaban J connectivity index is 1.55. The van der Waals surface area contributed by atoms with E-state index in [0.717, 1.165) is 45.5 Å². The summed E-state index contributed by atoms with van der Waals surface area (Å²) < 4.78 is 6.05. The first-order chi connectivity index (χ1) is 13.6. The summed E-state index contributed by atoms with van der Waals surface area (Å²) in [6, 6.07) is 20.0. The Hall–Kier alpha value is -3.40. The van der Waals surface area contributed by atoms with Gasteiger partial charge < -0.3 is 9.32 Å². The molecule has 4 heteroatoms. The minimum atomic E-state index is 0.0354. The predicted molar refractivity (Wildman–Crippen MR) is 111 cm³/mol. The first-order valence-corrected chi connectivity index (χ1v) is 9.54. The molecule has 0 aliphatic carbocycles. The molecule has 0 fully saturated rings. The molecular weight excluding hydrogens is 348 g/mol. The van der Waals surface area contributed by atoms with Crippen molar-refractivity contribution < 1.29 is 9.21 Å². The van der Waals surface area contributed by atoms with E-state index in [9.17, 15) is 4.79 Å². The van der Waals surface area contributed by atoms with Gasteiger partial charge in [-0.1, -0.05) is 37.3 Å². The van der Waals surface area contributed by atoms with Gasteiger partial charge in [-0.05, 0) is 60.4 Å². The number of aromatic nitrogens is 1. The van der Waals surface area contributed by atoms with E-state index in [4.69, 9.17) is 9.40 Å². The van der Waals surface area contributed by atoms with Crippen LogP contribution in [0, 0.1) is 6.92 Å². The van der Waals surface area contributed by atoms with Crippen molar-refractivity contribution in [2.24, 2.45) is 0 Å². The van der Waals surface area contributed by atoms with Crippen molar-refractivity contribution in [2.75, 3.05) is 4.90 Å². The van der Waals surface area contributed by atoms with Crippen molar-refractivity contribution in [2.45, 2.75) is 26.8 Å². The molecule has 3 aromatic carbocycles. The van der Waals surface area contributed by atoms with Gasteiger partial charge in [-0.15, -0.1) is 0 Å². The number of carbonyl (C=O) groups excluding carboxylic acids is 1. The Morgan fingerprint density at radius 2 is 1.86 bits per heavy atom. The Morgan fingerprint density at radius 1 is 1.07 bits per heavy atom. The fourth-order valence-electron chi connectivity index (χ4n) is 3.81. The molecule has 0 radical (unpaired) electrons. The summed E-state index contributed by atoms with van der Waals surface area (Å²) in [7, 11) is 0. The average Bonchev–Trinajstić information content (AvgIpc) is 3.30. The number of nitrogens with zero attached hydrogens (tertiary/aromatic N) is 2. The lowest BCUT2D eigenvalue weighted by molar-refractivity contribution is 0.0996. The van der Waals surface area contributed by atoms with E-state index in [-0.39, 0.29) is 5.91 Å². The lowest BCUT2D eigenvalue weighted by atomic mass is 10.1. The molecule has 0 saturated heterocycles. The number of benzene rings is 3. The molecule has 0 spiro atoms. The highest BCUT2D eigenvalue weighted by molar-refractivity contribution is 6.10.